The summed E-state index contributed by atoms with van der Waals surface area (Å²) >= 11 is 0. The van der Waals surface area contributed by atoms with E-state index in [1.807, 2.05) is 7.05 Å². The zero-order chi connectivity index (χ0) is 17.2. The topological polar surface area (TPSA) is 34.1 Å². The van der Waals surface area contributed by atoms with Crippen molar-refractivity contribution in [1.82, 2.24) is 20.0 Å². The maximum absolute atomic E-state index is 4.40. The van der Waals surface area contributed by atoms with Gasteiger partial charge in [0, 0.05) is 40.3 Å². The van der Waals surface area contributed by atoms with E-state index in [0.717, 1.165) is 25.5 Å². The standard InChI is InChI=1S/C19H33N5/c1-20-19(23(3)17-18-9-5-4-6-10-18)21-11-7-13-24-14-8-12-22(2)15-16-24/h4-6,9-10H,7-8,11-17H2,1-3H3,(H,20,21). The van der Waals surface area contributed by atoms with Crippen LogP contribution in [0.5, 0.6) is 0 Å². The second-order valence-electron chi connectivity index (χ2n) is 6.67. The molecule has 0 radical (unpaired) electrons. The minimum absolute atomic E-state index is 0.874. The molecule has 1 aliphatic heterocycles. The Balaban J connectivity index is 1.67. The van der Waals surface area contributed by atoms with Gasteiger partial charge >= 0.3 is 0 Å². The molecule has 1 fully saturated rings. The molecule has 5 nitrogen and oxygen atoms in total. The van der Waals surface area contributed by atoms with Crippen molar-refractivity contribution >= 4 is 5.96 Å². The van der Waals surface area contributed by atoms with Gasteiger partial charge in [-0.25, -0.2) is 0 Å². The van der Waals surface area contributed by atoms with Gasteiger partial charge in [0.2, 0.25) is 0 Å². The number of nitrogens with zero attached hydrogens (tertiary/aromatic N) is 4. The second-order valence-corrected chi connectivity index (χ2v) is 6.67. The lowest BCUT2D eigenvalue weighted by atomic mass is 10.2. The Kier molecular flexibility index (Phi) is 8.05. The van der Waals surface area contributed by atoms with Crippen molar-refractivity contribution in [3.63, 3.8) is 0 Å². The number of guanidine groups is 1. The lowest BCUT2D eigenvalue weighted by Crippen LogP contribution is -2.40. The molecule has 134 valence electrons. The predicted octanol–water partition coefficient (Wildman–Crippen LogP) is 1.72. The number of nitrogens with one attached hydrogen (secondary N) is 1. The highest BCUT2D eigenvalue weighted by Crippen LogP contribution is 2.03. The van der Waals surface area contributed by atoms with Gasteiger partial charge in [0.1, 0.15) is 0 Å². The number of benzene rings is 1. The van der Waals surface area contributed by atoms with E-state index in [4.69, 9.17) is 0 Å². The molecule has 1 N–H and O–H groups in total. The van der Waals surface area contributed by atoms with Crippen LogP contribution in [0.15, 0.2) is 35.3 Å². The molecule has 0 aliphatic carbocycles. The lowest BCUT2D eigenvalue weighted by Gasteiger charge is -2.23. The summed E-state index contributed by atoms with van der Waals surface area (Å²) in [6.07, 6.45) is 2.44. The van der Waals surface area contributed by atoms with Crippen LogP contribution in [0, 0.1) is 0 Å². The van der Waals surface area contributed by atoms with E-state index in [1.54, 1.807) is 0 Å². The fourth-order valence-electron chi connectivity index (χ4n) is 3.14. The summed E-state index contributed by atoms with van der Waals surface area (Å²) in [6.45, 7) is 7.85. The minimum Gasteiger partial charge on any atom is -0.356 e. The van der Waals surface area contributed by atoms with E-state index in [2.05, 4.69) is 69.4 Å². The van der Waals surface area contributed by atoms with Gasteiger partial charge in [-0.3, -0.25) is 4.99 Å². The zero-order valence-corrected chi connectivity index (χ0v) is 15.5. The van der Waals surface area contributed by atoms with Gasteiger partial charge in [-0.05, 0) is 45.1 Å². The van der Waals surface area contributed by atoms with E-state index in [1.165, 1.54) is 44.7 Å². The van der Waals surface area contributed by atoms with E-state index in [9.17, 15) is 0 Å². The fourth-order valence-corrected chi connectivity index (χ4v) is 3.14. The molecule has 0 saturated carbocycles. The molecule has 1 aromatic rings. The van der Waals surface area contributed by atoms with Crippen LogP contribution in [-0.2, 0) is 6.54 Å². The molecule has 1 aliphatic rings. The van der Waals surface area contributed by atoms with Crippen molar-refractivity contribution in [1.29, 1.82) is 0 Å². The smallest absolute Gasteiger partial charge is 0.193 e. The maximum Gasteiger partial charge on any atom is 0.193 e. The molecular weight excluding hydrogens is 298 g/mol. The molecule has 0 spiro atoms. The van der Waals surface area contributed by atoms with Gasteiger partial charge in [-0.2, -0.15) is 0 Å². The Labute approximate surface area is 147 Å². The monoisotopic (exact) mass is 331 g/mol. The van der Waals surface area contributed by atoms with Crippen molar-refractivity contribution in [3.05, 3.63) is 35.9 Å². The van der Waals surface area contributed by atoms with Gasteiger partial charge in [-0.1, -0.05) is 30.3 Å². The highest BCUT2D eigenvalue weighted by Gasteiger charge is 2.11. The van der Waals surface area contributed by atoms with Gasteiger partial charge in [0.05, 0.1) is 0 Å². The Morgan fingerprint density at radius 1 is 1.17 bits per heavy atom. The average Bonchev–Trinajstić information content (AvgIpc) is 2.80. The molecule has 0 unspecified atom stereocenters. The minimum atomic E-state index is 0.874. The zero-order valence-electron chi connectivity index (χ0n) is 15.5. The molecule has 2 rings (SSSR count). The molecule has 0 aromatic heterocycles. The molecule has 5 heteroatoms. The summed E-state index contributed by atoms with van der Waals surface area (Å²) in [5.74, 6) is 0.967. The molecule has 0 amide bonds. The first kappa shape index (κ1) is 18.7. The fraction of sp³-hybridized carbons (Fsp3) is 0.632. The molecule has 1 aromatic carbocycles. The third kappa shape index (κ3) is 6.49. The maximum atomic E-state index is 4.40. The number of rotatable bonds is 6. The van der Waals surface area contributed by atoms with E-state index in [-0.39, 0.29) is 0 Å². The molecule has 24 heavy (non-hydrogen) atoms. The van der Waals surface area contributed by atoms with Gasteiger partial charge in [0.15, 0.2) is 5.96 Å². The van der Waals surface area contributed by atoms with Crippen molar-refractivity contribution in [2.24, 2.45) is 4.99 Å². The van der Waals surface area contributed by atoms with Crippen LogP contribution < -0.4 is 5.32 Å². The highest BCUT2D eigenvalue weighted by atomic mass is 15.3. The van der Waals surface area contributed by atoms with Crippen LogP contribution in [0.2, 0.25) is 0 Å². The van der Waals surface area contributed by atoms with Gasteiger partial charge in [0.25, 0.3) is 0 Å². The second kappa shape index (κ2) is 10.3. The Morgan fingerprint density at radius 2 is 1.96 bits per heavy atom. The van der Waals surface area contributed by atoms with Crippen LogP contribution in [0.1, 0.15) is 18.4 Å². The number of hydrogen-bond acceptors (Lipinski definition) is 3. The first-order chi connectivity index (χ1) is 11.7. The average molecular weight is 332 g/mol. The normalized spacial score (nSPS) is 17.5. The number of likely N-dealkylation sites (N-methyl/N-ethyl adjacent to an activating group) is 1. The quantitative estimate of drug-likeness (QED) is 0.489. The van der Waals surface area contributed by atoms with Crippen LogP contribution >= 0.6 is 0 Å². The third-order valence-corrected chi connectivity index (χ3v) is 4.58. The summed E-state index contributed by atoms with van der Waals surface area (Å²) in [5, 5.41) is 3.49. The first-order valence-electron chi connectivity index (χ1n) is 9.05. The summed E-state index contributed by atoms with van der Waals surface area (Å²) in [7, 11) is 6.17. The first-order valence-corrected chi connectivity index (χ1v) is 9.05. The van der Waals surface area contributed by atoms with Gasteiger partial charge < -0.3 is 20.0 Å². The van der Waals surface area contributed by atoms with Crippen molar-refractivity contribution < 1.29 is 0 Å². The highest BCUT2D eigenvalue weighted by molar-refractivity contribution is 5.79. The Bertz CT molecular complexity index is 488. The summed E-state index contributed by atoms with van der Waals surface area (Å²) in [4.78, 5) is 11.6. The van der Waals surface area contributed by atoms with Crippen molar-refractivity contribution in [2.45, 2.75) is 19.4 Å². The molecule has 0 bridgehead atoms. The van der Waals surface area contributed by atoms with E-state index < -0.39 is 0 Å². The van der Waals surface area contributed by atoms with Crippen LogP contribution in [0.3, 0.4) is 0 Å². The number of aliphatic imine (C=N–C) groups is 1. The molecular formula is C19H33N5. The van der Waals surface area contributed by atoms with Crippen molar-refractivity contribution in [2.75, 3.05) is 60.4 Å². The molecule has 0 atom stereocenters. The largest absolute Gasteiger partial charge is 0.356 e. The summed E-state index contributed by atoms with van der Waals surface area (Å²) in [6, 6.07) is 10.5. The van der Waals surface area contributed by atoms with Crippen LogP contribution in [0.25, 0.3) is 0 Å². The third-order valence-electron chi connectivity index (χ3n) is 4.58. The summed E-state index contributed by atoms with van der Waals surface area (Å²) in [5.41, 5.74) is 1.30. The molecule has 1 saturated heterocycles. The van der Waals surface area contributed by atoms with Gasteiger partial charge in [-0.15, -0.1) is 0 Å². The molecule has 1 heterocycles. The number of hydrogen-bond donors (Lipinski definition) is 1. The van der Waals surface area contributed by atoms with E-state index in [0.29, 0.717) is 0 Å². The lowest BCUT2D eigenvalue weighted by molar-refractivity contribution is 0.273. The Morgan fingerprint density at radius 3 is 2.71 bits per heavy atom. The van der Waals surface area contributed by atoms with Crippen molar-refractivity contribution in [3.8, 4) is 0 Å². The van der Waals surface area contributed by atoms with Crippen LogP contribution in [-0.4, -0.2) is 81.1 Å². The summed E-state index contributed by atoms with van der Waals surface area (Å²) < 4.78 is 0. The predicted molar refractivity (Wildman–Crippen MR) is 102 cm³/mol. The van der Waals surface area contributed by atoms with E-state index >= 15 is 0 Å². The SMILES string of the molecule is CN=C(NCCCN1CCCN(C)CC1)N(C)Cc1ccccc1. The van der Waals surface area contributed by atoms with Crippen LogP contribution in [0.4, 0.5) is 0 Å². The Hall–Kier alpha value is -1.59.